The van der Waals surface area contributed by atoms with E-state index in [0.717, 1.165) is 12.8 Å². The van der Waals surface area contributed by atoms with Gasteiger partial charge in [0, 0.05) is 11.6 Å². The van der Waals surface area contributed by atoms with E-state index >= 15 is 0 Å². The first-order valence-electron chi connectivity index (χ1n) is 9.02. The van der Waals surface area contributed by atoms with Crippen LogP contribution in [0.3, 0.4) is 0 Å². The maximum absolute atomic E-state index is 5.03. The molecule has 0 spiro atoms. The van der Waals surface area contributed by atoms with Crippen molar-refractivity contribution in [3.05, 3.63) is 41.5 Å². The Morgan fingerprint density at radius 2 is 1.70 bits per heavy atom. The summed E-state index contributed by atoms with van der Waals surface area (Å²) in [6, 6.07) is 6.61. The van der Waals surface area contributed by atoms with Crippen LogP contribution in [0.4, 0.5) is 5.69 Å². The molecule has 0 aliphatic heterocycles. The van der Waals surface area contributed by atoms with Gasteiger partial charge in [0.2, 0.25) is 0 Å². The van der Waals surface area contributed by atoms with Gasteiger partial charge in [-0.25, -0.2) is 0 Å². The van der Waals surface area contributed by atoms with Gasteiger partial charge in [-0.3, -0.25) is 4.99 Å². The Kier molecular flexibility index (Phi) is 7.25. The molecule has 23 heavy (non-hydrogen) atoms. The van der Waals surface area contributed by atoms with Crippen molar-refractivity contribution >= 4 is 11.9 Å². The lowest BCUT2D eigenvalue weighted by Gasteiger charge is -2.25. The third-order valence-corrected chi connectivity index (χ3v) is 4.37. The molecule has 0 saturated carbocycles. The second kappa shape index (κ2) is 8.47. The molecular weight excluding hydrogens is 278 g/mol. The molecule has 1 aromatic rings. The smallest absolute Gasteiger partial charge is 0.0695 e. The highest BCUT2D eigenvalue weighted by molar-refractivity contribution is 5.72. The van der Waals surface area contributed by atoms with Crippen molar-refractivity contribution < 1.29 is 0 Å². The summed E-state index contributed by atoms with van der Waals surface area (Å²) >= 11 is 0. The monoisotopic (exact) mass is 313 g/mol. The first-order chi connectivity index (χ1) is 10.7. The lowest BCUT2D eigenvalue weighted by Crippen LogP contribution is -2.18. The third kappa shape index (κ3) is 5.64. The van der Waals surface area contributed by atoms with Crippen LogP contribution >= 0.6 is 0 Å². The number of rotatable bonds is 8. The van der Waals surface area contributed by atoms with Crippen molar-refractivity contribution in [3.63, 3.8) is 0 Å². The fraction of sp³-hybridized carbons (Fsp3) is 0.591. The van der Waals surface area contributed by atoms with Crippen molar-refractivity contribution in [2.75, 3.05) is 0 Å². The Labute approximate surface area is 143 Å². The zero-order valence-corrected chi connectivity index (χ0v) is 16.2. The van der Waals surface area contributed by atoms with Gasteiger partial charge in [0.1, 0.15) is 0 Å². The predicted octanol–water partition coefficient (Wildman–Crippen LogP) is 7.41. The summed E-state index contributed by atoms with van der Waals surface area (Å²) < 4.78 is 0. The Hall–Kier alpha value is -1.37. The molecule has 0 radical (unpaired) electrons. The topological polar surface area (TPSA) is 12.4 Å². The third-order valence-electron chi connectivity index (χ3n) is 4.37. The van der Waals surface area contributed by atoms with E-state index in [-0.39, 0.29) is 5.41 Å². The maximum Gasteiger partial charge on any atom is 0.0695 e. The predicted molar refractivity (Wildman–Crippen MR) is 105 cm³/mol. The van der Waals surface area contributed by atoms with Crippen molar-refractivity contribution in [1.82, 2.24) is 0 Å². The van der Waals surface area contributed by atoms with Crippen LogP contribution in [0.1, 0.15) is 90.7 Å². The number of aliphatic imine (C=N–C) groups is 1. The van der Waals surface area contributed by atoms with Gasteiger partial charge >= 0.3 is 0 Å². The SMILES string of the molecule is C=C(C)CC(C)(C=Nc1c(C(C)C)cccc1C(C)C)CCC. The van der Waals surface area contributed by atoms with Gasteiger partial charge in [-0.2, -0.15) is 0 Å². The molecule has 1 rings (SSSR count). The molecule has 1 aromatic carbocycles. The highest BCUT2D eigenvalue weighted by atomic mass is 14.7. The van der Waals surface area contributed by atoms with E-state index in [4.69, 9.17) is 4.99 Å². The molecule has 1 nitrogen and oxygen atoms in total. The van der Waals surface area contributed by atoms with Crippen LogP contribution < -0.4 is 0 Å². The lowest BCUT2D eigenvalue weighted by atomic mass is 9.81. The van der Waals surface area contributed by atoms with Gasteiger partial charge in [0.15, 0.2) is 0 Å². The molecule has 0 bridgehead atoms. The average Bonchev–Trinajstić information content (AvgIpc) is 2.43. The molecule has 0 aliphatic carbocycles. The number of hydrogen-bond donors (Lipinski definition) is 0. The Morgan fingerprint density at radius 3 is 2.09 bits per heavy atom. The van der Waals surface area contributed by atoms with Gasteiger partial charge < -0.3 is 0 Å². The molecule has 0 amide bonds. The van der Waals surface area contributed by atoms with Crippen LogP contribution in [-0.4, -0.2) is 6.21 Å². The van der Waals surface area contributed by atoms with E-state index in [9.17, 15) is 0 Å². The molecule has 128 valence electrons. The van der Waals surface area contributed by atoms with Crippen LogP contribution in [0.15, 0.2) is 35.3 Å². The van der Waals surface area contributed by atoms with Gasteiger partial charge in [0.25, 0.3) is 0 Å². The molecule has 0 aromatic heterocycles. The molecule has 0 N–H and O–H groups in total. The van der Waals surface area contributed by atoms with Crippen LogP contribution in [0.25, 0.3) is 0 Å². The van der Waals surface area contributed by atoms with Gasteiger partial charge in [-0.15, -0.1) is 6.58 Å². The number of nitrogens with zero attached hydrogens (tertiary/aromatic N) is 1. The number of benzene rings is 1. The average molecular weight is 314 g/mol. The molecule has 1 unspecified atom stereocenters. The molecule has 0 fully saturated rings. The van der Waals surface area contributed by atoms with Crippen LogP contribution in [-0.2, 0) is 0 Å². The lowest BCUT2D eigenvalue weighted by molar-refractivity contribution is 0.428. The van der Waals surface area contributed by atoms with E-state index in [2.05, 4.69) is 79.5 Å². The summed E-state index contributed by atoms with van der Waals surface area (Å²) in [6.07, 6.45) is 5.51. The maximum atomic E-state index is 5.03. The van der Waals surface area contributed by atoms with Gasteiger partial charge in [-0.05, 0) is 42.7 Å². The van der Waals surface area contributed by atoms with Crippen LogP contribution in [0, 0.1) is 5.41 Å². The minimum Gasteiger partial charge on any atom is -0.260 e. The van der Waals surface area contributed by atoms with Crippen molar-refractivity contribution in [1.29, 1.82) is 0 Å². The summed E-state index contributed by atoms with van der Waals surface area (Å²) in [6.45, 7) is 19.8. The zero-order valence-electron chi connectivity index (χ0n) is 16.2. The number of allylic oxidation sites excluding steroid dienone is 1. The quantitative estimate of drug-likeness (QED) is 0.350. The fourth-order valence-electron chi connectivity index (χ4n) is 3.34. The van der Waals surface area contributed by atoms with Crippen molar-refractivity contribution in [3.8, 4) is 0 Å². The van der Waals surface area contributed by atoms with Crippen LogP contribution in [0.5, 0.6) is 0 Å². The van der Waals surface area contributed by atoms with Gasteiger partial charge in [0.05, 0.1) is 5.69 Å². The first-order valence-corrected chi connectivity index (χ1v) is 9.02. The number of para-hydroxylation sites is 1. The minimum absolute atomic E-state index is 0.0962. The fourth-order valence-corrected chi connectivity index (χ4v) is 3.34. The van der Waals surface area contributed by atoms with E-state index in [1.807, 2.05) is 0 Å². The Morgan fingerprint density at radius 1 is 1.17 bits per heavy atom. The van der Waals surface area contributed by atoms with Crippen molar-refractivity contribution in [2.45, 2.75) is 79.6 Å². The summed E-state index contributed by atoms with van der Waals surface area (Å²) in [4.78, 5) is 5.03. The molecule has 1 heteroatoms. The van der Waals surface area contributed by atoms with E-state index in [1.165, 1.54) is 28.8 Å². The second-order valence-corrected chi connectivity index (χ2v) is 7.89. The second-order valence-electron chi connectivity index (χ2n) is 7.89. The normalized spacial score (nSPS) is 14.7. The first kappa shape index (κ1) is 19.7. The largest absolute Gasteiger partial charge is 0.260 e. The molecular formula is C22H35N. The number of hydrogen-bond acceptors (Lipinski definition) is 1. The summed E-state index contributed by atoms with van der Waals surface area (Å²) in [5.41, 5.74) is 5.21. The summed E-state index contributed by atoms with van der Waals surface area (Å²) in [5, 5.41) is 0. The van der Waals surface area contributed by atoms with E-state index in [0.29, 0.717) is 11.8 Å². The highest BCUT2D eigenvalue weighted by Gasteiger charge is 2.22. The minimum atomic E-state index is 0.0962. The zero-order chi connectivity index (χ0) is 17.6. The summed E-state index contributed by atoms with van der Waals surface area (Å²) in [7, 11) is 0. The highest BCUT2D eigenvalue weighted by Crippen LogP contribution is 2.36. The molecule has 0 saturated heterocycles. The molecule has 1 atom stereocenters. The van der Waals surface area contributed by atoms with Crippen LogP contribution in [0.2, 0.25) is 0 Å². The van der Waals surface area contributed by atoms with E-state index < -0.39 is 0 Å². The van der Waals surface area contributed by atoms with Gasteiger partial charge in [-0.1, -0.05) is 71.7 Å². The van der Waals surface area contributed by atoms with Crippen molar-refractivity contribution in [2.24, 2.45) is 10.4 Å². The van der Waals surface area contributed by atoms with E-state index in [1.54, 1.807) is 0 Å². The standard InChI is InChI=1S/C22H35N/c1-9-13-22(8,14-16(2)3)15-23-21-19(17(4)5)11-10-12-20(21)18(6)7/h10-12,15,17-18H,2,9,13-14H2,1,3-8H3. The molecule has 0 heterocycles. The molecule has 0 aliphatic rings. The Bertz CT molecular complexity index is 525. The Balaban J connectivity index is 3.30. The summed E-state index contributed by atoms with van der Waals surface area (Å²) in [5.74, 6) is 0.971.